The summed E-state index contributed by atoms with van der Waals surface area (Å²) in [6.45, 7) is 4.43. The number of hydrogen-bond acceptors (Lipinski definition) is 4. The molecule has 3 rings (SSSR count). The summed E-state index contributed by atoms with van der Waals surface area (Å²) in [5, 5.41) is 7.09. The average molecular weight is 263 g/mol. The molecule has 1 aliphatic heterocycles. The van der Waals surface area contributed by atoms with E-state index in [4.69, 9.17) is 21.7 Å². The Morgan fingerprint density at radius 3 is 2.89 bits per heavy atom. The minimum atomic E-state index is 0.270. The molecule has 1 N–H and O–H groups in total. The largest absolute Gasteiger partial charge is 0.454 e. The number of aromatic amines is 1. The molecule has 0 aliphatic carbocycles. The zero-order valence-corrected chi connectivity index (χ0v) is 11.0. The van der Waals surface area contributed by atoms with Crippen LogP contribution in [0, 0.1) is 4.77 Å². The van der Waals surface area contributed by atoms with Gasteiger partial charge in [0.1, 0.15) is 5.82 Å². The number of rotatable bonds is 2. The topological polar surface area (TPSA) is 52.1 Å². The van der Waals surface area contributed by atoms with Crippen molar-refractivity contribution in [1.82, 2.24) is 14.8 Å². The van der Waals surface area contributed by atoms with Gasteiger partial charge >= 0.3 is 0 Å². The molecule has 5 nitrogen and oxygen atoms in total. The van der Waals surface area contributed by atoms with Crippen molar-refractivity contribution in [3.05, 3.63) is 28.8 Å². The van der Waals surface area contributed by atoms with Crippen LogP contribution in [-0.2, 0) is 0 Å². The van der Waals surface area contributed by atoms with Crippen molar-refractivity contribution in [2.45, 2.75) is 19.8 Å². The van der Waals surface area contributed by atoms with Crippen LogP contribution in [0.25, 0.3) is 5.69 Å². The highest BCUT2D eigenvalue weighted by molar-refractivity contribution is 7.71. The summed E-state index contributed by atoms with van der Waals surface area (Å²) < 4.78 is 13.2. The Kier molecular flexibility index (Phi) is 2.59. The second-order valence-corrected chi connectivity index (χ2v) is 4.80. The van der Waals surface area contributed by atoms with Crippen LogP contribution < -0.4 is 9.47 Å². The van der Waals surface area contributed by atoms with Gasteiger partial charge in [-0.15, -0.1) is 0 Å². The van der Waals surface area contributed by atoms with Gasteiger partial charge in [-0.1, -0.05) is 13.8 Å². The maximum atomic E-state index is 5.38. The standard InChI is InChI=1S/C12H13N3O2S/c1-7(2)11-13-14-12(18)15(11)8-3-4-9-10(5-8)17-6-16-9/h3-5,7H,6H2,1-2H3,(H,14,18). The number of aromatic nitrogens is 3. The Morgan fingerprint density at radius 1 is 1.33 bits per heavy atom. The van der Waals surface area contributed by atoms with Gasteiger partial charge in [-0.25, -0.2) is 0 Å². The van der Waals surface area contributed by atoms with Crippen molar-refractivity contribution in [1.29, 1.82) is 0 Å². The first-order valence-electron chi connectivity index (χ1n) is 5.74. The van der Waals surface area contributed by atoms with E-state index in [0.717, 1.165) is 23.0 Å². The highest BCUT2D eigenvalue weighted by Gasteiger charge is 2.17. The van der Waals surface area contributed by atoms with E-state index in [9.17, 15) is 0 Å². The van der Waals surface area contributed by atoms with E-state index >= 15 is 0 Å². The highest BCUT2D eigenvalue weighted by atomic mass is 32.1. The number of H-pyrrole nitrogens is 1. The van der Waals surface area contributed by atoms with Crippen LogP contribution in [0.4, 0.5) is 0 Å². The van der Waals surface area contributed by atoms with Gasteiger partial charge in [-0.2, -0.15) is 5.10 Å². The molecular weight excluding hydrogens is 250 g/mol. The average Bonchev–Trinajstić information content (AvgIpc) is 2.93. The van der Waals surface area contributed by atoms with Gasteiger partial charge in [0.05, 0.1) is 5.69 Å². The summed E-state index contributed by atoms with van der Waals surface area (Å²) >= 11 is 5.27. The molecule has 0 saturated heterocycles. The quantitative estimate of drug-likeness (QED) is 0.846. The molecule has 2 aromatic rings. The first-order chi connectivity index (χ1) is 8.66. The number of nitrogens with one attached hydrogen (secondary N) is 1. The molecule has 0 radical (unpaired) electrons. The molecule has 2 heterocycles. The molecule has 94 valence electrons. The summed E-state index contributed by atoms with van der Waals surface area (Å²) in [7, 11) is 0. The first-order valence-corrected chi connectivity index (χ1v) is 6.15. The summed E-state index contributed by atoms with van der Waals surface area (Å²) in [4.78, 5) is 0. The molecule has 0 spiro atoms. The predicted molar refractivity (Wildman–Crippen MR) is 69.0 cm³/mol. The zero-order chi connectivity index (χ0) is 12.7. The molecule has 0 unspecified atom stereocenters. The molecule has 6 heteroatoms. The Balaban J connectivity index is 2.15. The Bertz CT molecular complexity index is 645. The summed E-state index contributed by atoms with van der Waals surface area (Å²) in [5.74, 6) is 2.69. The number of benzene rings is 1. The van der Waals surface area contributed by atoms with Crippen LogP contribution in [0.5, 0.6) is 11.5 Å². The van der Waals surface area contributed by atoms with Gasteiger partial charge in [-0.05, 0) is 24.4 Å². The van der Waals surface area contributed by atoms with E-state index in [1.165, 1.54) is 0 Å². The molecule has 1 aliphatic rings. The van der Waals surface area contributed by atoms with Gasteiger partial charge in [0.2, 0.25) is 6.79 Å². The van der Waals surface area contributed by atoms with Crippen LogP contribution in [0.1, 0.15) is 25.6 Å². The van der Waals surface area contributed by atoms with E-state index in [2.05, 4.69) is 24.0 Å². The zero-order valence-electron chi connectivity index (χ0n) is 10.1. The van der Waals surface area contributed by atoms with Gasteiger partial charge in [0.25, 0.3) is 0 Å². The van der Waals surface area contributed by atoms with Crippen molar-refractivity contribution in [3.63, 3.8) is 0 Å². The number of fused-ring (bicyclic) bond motifs is 1. The second-order valence-electron chi connectivity index (χ2n) is 4.41. The fourth-order valence-corrected chi connectivity index (χ4v) is 2.21. The Labute approximate surface area is 109 Å². The second kappa shape index (κ2) is 4.13. The van der Waals surface area contributed by atoms with E-state index < -0.39 is 0 Å². The Morgan fingerprint density at radius 2 is 2.11 bits per heavy atom. The lowest BCUT2D eigenvalue weighted by molar-refractivity contribution is 0.174. The third kappa shape index (κ3) is 1.69. The third-order valence-corrected chi connectivity index (χ3v) is 3.10. The summed E-state index contributed by atoms with van der Waals surface area (Å²) in [6.07, 6.45) is 0. The number of nitrogens with zero attached hydrogens (tertiary/aromatic N) is 2. The molecule has 0 fully saturated rings. The van der Waals surface area contributed by atoms with Crippen molar-refractivity contribution >= 4 is 12.2 Å². The first kappa shape index (κ1) is 11.3. The fraction of sp³-hybridized carbons (Fsp3) is 0.333. The minimum Gasteiger partial charge on any atom is -0.454 e. The van der Waals surface area contributed by atoms with E-state index in [1.807, 2.05) is 22.8 Å². The maximum Gasteiger partial charge on any atom is 0.231 e. The van der Waals surface area contributed by atoms with Crippen molar-refractivity contribution in [2.24, 2.45) is 0 Å². The van der Waals surface area contributed by atoms with E-state index in [-0.39, 0.29) is 12.7 Å². The van der Waals surface area contributed by atoms with Crippen LogP contribution >= 0.6 is 12.2 Å². The lowest BCUT2D eigenvalue weighted by Gasteiger charge is -2.09. The van der Waals surface area contributed by atoms with Gasteiger partial charge in [0.15, 0.2) is 16.3 Å². The molecule has 0 atom stereocenters. The van der Waals surface area contributed by atoms with Crippen LogP contribution in [0.15, 0.2) is 18.2 Å². The van der Waals surface area contributed by atoms with E-state index in [0.29, 0.717) is 4.77 Å². The van der Waals surface area contributed by atoms with E-state index in [1.54, 1.807) is 0 Å². The molecular formula is C12H13N3O2S. The van der Waals surface area contributed by atoms with Gasteiger partial charge in [0, 0.05) is 12.0 Å². The number of ether oxygens (including phenoxy) is 2. The normalized spacial score (nSPS) is 13.3. The minimum absolute atomic E-state index is 0.270. The maximum absolute atomic E-state index is 5.38. The monoisotopic (exact) mass is 263 g/mol. The molecule has 18 heavy (non-hydrogen) atoms. The summed E-state index contributed by atoms with van der Waals surface area (Å²) in [6, 6.07) is 5.75. The van der Waals surface area contributed by atoms with Crippen molar-refractivity contribution in [3.8, 4) is 17.2 Å². The van der Waals surface area contributed by atoms with Crippen LogP contribution in [-0.4, -0.2) is 21.6 Å². The lowest BCUT2D eigenvalue weighted by Crippen LogP contribution is -2.03. The predicted octanol–water partition coefficient (Wildman–Crippen LogP) is 2.78. The summed E-state index contributed by atoms with van der Waals surface area (Å²) in [5.41, 5.74) is 0.932. The van der Waals surface area contributed by atoms with Crippen molar-refractivity contribution < 1.29 is 9.47 Å². The molecule has 0 amide bonds. The van der Waals surface area contributed by atoms with Gasteiger partial charge in [-0.3, -0.25) is 9.67 Å². The highest BCUT2D eigenvalue weighted by Crippen LogP contribution is 2.34. The third-order valence-electron chi connectivity index (χ3n) is 2.83. The number of hydrogen-bond donors (Lipinski definition) is 1. The van der Waals surface area contributed by atoms with Crippen LogP contribution in [0.3, 0.4) is 0 Å². The van der Waals surface area contributed by atoms with Crippen LogP contribution in [0.2, 0.25) is 0 Å². The SMILES string of the molecule is CC(C)c1n[nH]c(=S)n1-c1ccc2c(c1)OCO2. The molecule has 0 bridgehead atoms. The molecule has 0 saturated carbocycles. The van der Waals surface area contributed by atoms with Gasteiger partial charge < -0.3 is 9.47 Å². The fourth-order valence-electron chi connectivity index (χ4n) is 1.97. The van der Waals surface area contributed by atoms with Crippen molar-refractivity contribution in [2.75, 3.05) is 6.79 Å². The lowest BCUT2D eigenvalue weighted by atomic mass is 10.2. The Hall–Kier alpha value is -1.82. The molecule has 1 aromatic heterocycles. The smallest absolute Gasteiger partial charge is 0.231 e. The molecule has 1 aromatic carbocycles.